The molecule has 1 atom stereocenters. The number of hydrogen-bond acceptors (Lipinski definition) is 4. The van der Waals surface area contributed by atoms with E-state index in [2.05, 4.69) is 6.07 Å². The summed E-state index contributed by atoms with van der Waals surface area (Å²) in [7, 11) is -0.609. The van der Waals surface area contributed by atoms with Gasteiger partial charge in [-0.15, -0.1) is 0 Å². The molecule has 0 amide bonds. The molecule has 1 heterocycles. The van der Waals surface area contributed by atoms with Gasteiger partial charge in [0, 0.05) is 12.6 Å². The van der Waals surface area contributed by atoms with Crippen molar-refractivity contribution in [2.24, 2.45) is 0 Å². The molecule has 0 N–H and O–H groups in total. The smallest absolute Gasteiger partial charge is 0.243 e. The topological polar surface area (TPSA) is 55.8 Å². The molecule has 2 aromatic rings. The molecule has 0 saturated carbocycles. The Morgan fingerprint density at radius 2 is 1.74 bits per heavy atom. The Labute approximate surface area is 162 Å². The maximum absolute atomic E-state index is 13.5. The lowest BCUT2D eigenvalue weighted by molar-refractivity contribution is 0.327. The first kappa shape index (κ1) is 19.7. The van der Waals surface area contributed by atoms with E-state index in [-0.39, 0.29) is 10.9 Å². The van der Waals surface area contributed by atoms with Crippen LogP contribution in [0, 0.1) is 6.92 Å². The van der Waals surface area contributed by atoms with E-state index in [1.54, 1.807) is 22.5 Å². The van der Waals surface area contributed by atoms with Crippen LogP contribution in [0.3, 0.4) is 0 Å². The molecule has 0 bridgehead atoms. The SMILES string of the molecule is COc1ccc(S(=O)(=O)N2CCCCC[C@H]2c2cccc(C)c2)cc1OC. The zero-order chi connectivity index (χ0) is 19.4. The summed E-state index contributed by atoms with van der Waals surface area (Å²) in [5.41, 5.74) is 2.20. The van der Waals surface area contributed by atoms with E-state index < -0.39 is 10.0 Å². The van der Waals surface area contributed by atoms with Crippen LogP contribution in [-0.2, 0) is 10.0 Å². The second-order valence-electron chi connectivity index (χ2n) is 6.91. The average molecular weight is 390 g/mol. The summed E-state index contributed by atoms with van der Waals surface area (Å²) in [5, 5.41) is 0. The van der Waals surface area contributed by atoms with Crippen molar-refractivity contribution in [2.75, 3.05) is 20.8 Å². The number of nitrogens with zero attached hydrogens (tertiary/aromatic N) is 1. The Kier molecular flexibility index (Phi) is 6.07. The molecule has 2 aromatic carbocycles. The maximum Gasteiger partial charge on any atom is 0.243 e. The zero-order valence-corrected chi connectivity index (χ0v) is 17.0. The highest BCUT2D eigenvalue weighted by atomic mass is 32.2. The molecule has 1 aliphatic heterocycles. The Hall–Kier alpha value is -2.05. The van der Waals surface area contributed by atoms with Crippen LogP contribution in [0.2, 0.25) is 0 Å². The third-order valence-corrected chi connectivity index (χ3v) is 7.00. The zero-order valence-electron chi connectivity index (χ0n) is 16.1. The lowest BCUT2D eigenvalue weighted by Gasteiger charge is -2.30. The highest BCUT2D eigenvalue weighted by molar-refractivity contribution is 7.89. The number of aryl methyl sites for hydroxylation is 1. The minimum Gasteiger partial charge on any atom is -0.493 e. The number of ether oxygens (including phenoxy) is 2. The van der Waals surface area contributed by atoms with E-state index in [0.29, 0.717) is 18.0 Å². The Morgan fingerprint density at radius 3 is 2.44 bits per heavy atom. The summed E-state index contributed by atoms with van der Waals surface area (Å²) < 4.78 is 39.2. The largest absolute Gasteiger partial charge is 0.493 e. The molecule has 3 rings (SSSR count). The minimum atomic E-state index is -3.66. The van der Waals surface area contributed by atoms with Crippen LogP contribution in [0.5, 0.6) is 11.5 Å². The van der Waals surface area contributed by atoms with Crippen molar-refractivity contribution in [1.29, 1.82) is 0 Å². The van der Waals surface area contributed by atoms with Gasteiger partial charge in [0.25, 0.3) is 0 Å². The van der Waals surface area contributed by atoms with Gasteiger partial charge < -0.3 is 9.47 Å². The first-order valence-electron chi connectivity index (χ1n) is 9.28. The van der Waals surface area contributed by atoms with E-state index in [1.165, 1.54) is 14.2 Å². The second kappa shape index (κ2) is 8.31. The molecule has 6 heteroatoms. The third-order valence-electron chi connectivity index (χ3n) is 5.09. The van der Waals surface area contributed by atoms with Crippen LogP contribution in [0.15, 0.2) is 47.4 Å². The van der Waals surface area contributed by atoms with Crippen LogP contribution < -0.4 is 9.47 Å². The summed E-state index contributed by atoms with van der Waals surface area (Å²) >= 11 is 0. The van der Waals surface area contributed by atoms with Crippen LogP contribution >= 0.6 is 0 Å². The Bertz CT molecular complexity index is 895. The van der Waals surface area contributed by atoms with Crippen molar-refractivity contribution in [1.82, 2.24) is 4.31 Å². The predicted octanol–water partition coefficient (Wildman–Crippen LogP) is 4.32. The molecule has 0 spiro atoms. The number of methoxy groups -OCH3 is 2. The van der Waals surface area contributed by atoms with Gasteiger partial charge in [0.15, 0.2) is 11.5 Å². The minimum absolute atomic E-state index is 0.148. The van der Waals surface area contributed by atoms with E-state index in [9.17, 15) is 8.42 Å². The lowest BCUT2D eigenvalue weighted by Crippen LogP contribution is -2.34. The summed E-state index contributed by atoms with van der Waals surface area (Å²) in [4.78, 5) is 0.236. The van der Waals surface area contributed by atoms with E-state index in [1.807, 2.05) is 25.1 Å². The molecule has 0 unspecified atom stereocenters. The van der Waals surface area contributed by atoms with E-state index in [0.717, 1.165) is 36.8 Å². The molecule has 1 fully saturated rings. The van der Waals surface area contributed by atoms with Gasteiger partial charge in [-0.25, -0.2) is 8.42 Å². The fourth-order valence-corrected chi connectivity index (χ4v) is 5.39. The number of rotatable bonds is 5. The van der Waals surface area contributed by atoms with Crippen LogP contribution in [0.1, 0.15) is 42.9 Å². The molecule has 0 radical (unpaired) electrons. The fraction of sp³-hybridized carbons (Fsp3) is 0.429. The quantitative estimate of drug-likeness (QED) is 0.764. The number of hydrogen-bond donors (Lipinski definition) is 0. The highest BCUT2D eigenvalue weighted by Gasteiger charge is 2.34. The van der Waals surface area contributed by atoms with Gasteiger partial charge in [0.1, 0.15) is 0 Å². The van der Waals surface area contributed by atoms with Crippen molar-refractivity contribution >= 4 is 10.0 Å². The number of benzene rings is 2. The first-order chi connectivity index (χ1) is 13.0. The van der Waals surface area contributed by atoms with Gasteiger partial charge >= 0.3 is 0 Å². The predicted molar refractivity (Wildman–Crippen MR) is 106 cm³/mol. The van der Waals surface area contributed by atoms with Crippen LogP contribution in [0.25, 0.3) is 0 Å². The molecule has 27 heavy (non-hydrogen) atoms. The lowest BCUT2D eigenvalue weighted by atomic mass is 10.0. The monoisotopic (exact) mass is 389 g/mol. The molecule has 146 valence electrons. The molecule has 0 aliphatic carbocycles. The van der Waals surface area contributed by atoms with Crippen LogP contribution in [0.4, 0.5) is 0 Å². The normalized spacial score (nSPS) is 18.7. The van der Waals surface area contributed by atoms with Gasteiger partial charge in [0.05, 0.1) is 25.2 Å². The van der Waals surface area contributed by atoms with Crippen molar-refractivity contribution in [3.63, 3.8) is 0 Å². The van der Waals surface area contributed by atoms with Gasteiger partial charge in [-0.05, 0) is 37.5 Å². The van der Waals surface area contributed by atoms with Crippen molar-refractivity contribution < 1.29 is 17.9 Å². The van der Waals surface area contributed by atoms with Crippen molar-refractivity contribution in [3.8, 4) is 11.5 Å². The summed E-state index contributed by atoms with van der Waals surface area (Å²) in [6, 6.07) is 12.8. The molecule has 1 saturated heterocycles. The van der Waals surface area contributed by atoms with Gasteiger partial charge in [0.2, 0.25) is 10.0 Å². The fourth-order valence-electron chi connectivity index (χ4n) is 3.69. The summed E-state index contributed by atoms with van der Waals surface area (Å²) in [6.45, 7) is 2.56. The summed E-state index contributed by atoms with van der Waals surface area (Å²) in [6.07, 6.45) is 3.77. The van der Waals surface area contributed by atoms with Crippen LogP contribution in [-0.4, -0.2) is 33.5 Å². The standard InChI is InChI=1S/C21H27NO4S/c1-16-8-7-9-17(14-16)19-10-5-4-6-13-22(19)27(23,24)18-11-12-20(25-2)21(15-18)26-3/h7-9,11-12,14-15,19H,4-6,10,13H2,1-3H3/t19-/m0/s1. The van der Waals surface area contributed by atoms with Crippen molar-refractivity contribution in [2.45, 2.75) is 43.5 Å². The Balaban J connectivity index is 2.04. The molecular formula is C21H27NO4S. The third kappa shape index (κ3) is 4.12. The molecule has 1 aliphatic rings. The highest BCUT2D eigenvalue weighted by Crippen LogP contribution is 2.37. The number of sulfonamides is 1. The average Bonchev–Trinajstić information content (AvgIpc) is 2.94. The Morgan fingerprint density at radius 1 is 0.963 bits per heavy atom. The molecular weight excluding hydrogens is 362 g/mol. The van der Waals surface area contributed by atoms with Gasteiger partial charge in [-0.3, -0.25) is 0 Å². The van der Waals surface area contributed by atoms with Gasteiger partial charge in [-0.2, -0.15) is 4.31 Å². The van der Waals surface area contributed by atoms with E-state index in [4.69, 9.17) is 9.47 Å². The van der Waals surface area contributed by atoms with Crippen molar-refractivity contribution in [3.05, 3.63) is 53.6 Å². The van der Waals surface area contributed by atoms with Gasteiger partial charge in [-0.1, -0.05) is 42.7 Å². The maximum atomic E-state index is 13.5. The molecule has 5 nitrogen and oxygen atoms in total. The second-order valence-corrected chi connectivity index (χ2v) is 8.80. The summed E-state index contributed by atoms with van der Waals surface area (Å²) in [5.74, 6) is 0.933. The first-order valence-corrected chi connectivity index (χ1v) is 10.7. The van der Waals surface area contributed by atoms with E-state index >= 15 is 0 Å². The molecule has 0 aromatic heterocycles.